The van der Waals surface area contributed by atoms with E-state index in [1.165, 1.54) is 11.8 Å². The van der Waals surface area contributed by atoms with Crippen LogP contribution in [0.2, 0.25) is 10.0 Å². The number of hydrogen-bond acceptors (Lipinski definition) is 3. The molecule has 1 amide bonds. The minimum absolute atomic E-state index is 0.192. The number of aliphatic imine (C=N–C) groups is 1. The Labute approximate surface area is 155 Å². The van der Waals surface area contributed by atoms with E-state index in [2.05, 4.69) is 26.2 Å². The van der Waals surface area contributed by atoms with Crippen LogP contribution in [0.3, 0.4) is 0 Å². The van der Waals surface area contributed by atoms with Crippen LogP contribution in [0.1, 0.15) is 5.56 Å². The van der Waals surface area contributed by atoms with Crippen LogP contribution >= 0.6 is 50.9 Å². The number of amides is 1. The summed E-state index contributed by atoms with van der Waals surface area (Å²) in [5.74, 6) is -0.192. The fraction of sp³-hybridized carbons (Fsp3) is 0. The summed E-state index contributed by atoms with van der Waals surface area (Å²) in [5.41, 5.74) is 1.44. The monoisotopic (exact) mass is 426 g/mol. The first-order valence-corrected chi connectivity index (χ1v) is 8.89. The van der Waals surface area contributed by atoms with E-state index in [4.69, 9.17) is 23.2 Å². The van der Waals surface area contributed by atoms with Gasteiger partial charge in [-0.05, 0) is 41.6 Å². The first-order chi connectivity index (χ1) is 11.0. The molecule has 7 heteroatoms. The second-order valence-corrected chi connectivity index (χ2v) is 7.25. The Morgan fingerprint density at radius 3 is 2.70 bits per heavy atom. The molecule has 3 nitrogen and oxygen atoms in total. The summed E-state index contributed by atoms with van der Waals surface area (Å²) in [4.78, 5) is 17.0. The molecule has 1 heterocycles. The summed E-state index contributed by atoms with van der Waals surface area (Å²) >= 11 is 16.8. The normalized spacial score (nSPS) is 17.8. The number of hydrogen-bond donors (Lipinski definition) is 1. The van der Waals surface area contributed by atoms with Crippen LogP contribution in [0, 0.1) is 0 Å². The number of carbonyl (C=O) groups excluding carboxylic acids is 1. The molecule has 23 heavy (non-hydrogen) atoms. The van der Waals surface area contributed by atoms with Crippen LogP contribution in [0.5, 0.6) is 0 Å². The zero-order valence-electron chi connectivity index (χ0n) is 11.5. The predicted molar refractivity (Wildman–Crippen MR) is 101 cm³/mol. The van der Waals surface area contributed by atoms with Gasteiger partial charge >= 0.3 is 0 Å². The van der Waals surface area contributed by atoms with E-state index in [1.54, 1.807) is 18.2 Å². The Hall–Kier alpha value is -1.27. The number of carbonyl (C=O) groups is 1. The summed E-state index contributed by atoms with van der Waals surface area (Å²) in [5, 5.41) is 3.98. The lowest BCUT2D eigenvalue weighted by molar-refractivity contribution is -0.115. The highest BCUT2D eigenvalue weighted by Crippen LogP contribution is 2.34. The fourth-order valence-corrected chi connectivity index (χ4v) is 3.46. The van der Waals surface area contributed by atoms with Crippen molar-refractivity contribution in [1.29, 1.82) is 0 Å². The average Bonchev–Trinajstić information content (AvgIpc) is 2.86. The largest absolute Gasteiger partial charge is 0.300 e. The third kappa shape index (κ3) is 3.80. The number of nitrogens with zero attached hydrogens (tertiary/aromatic N) is 1. The van der Waals surface area contributed by atoms with Gasteiger partial charge in [-0.1, -0.05) is 63.4 Å². The van der Waals surface area contributed by atoms with Gasteiger partial charge in [0.2, 0.25) is 0 Å². The molecule has 1 aliphatic heterocycles. The first kappa shape index (κ1) is 16.6. The SMILES string of the molecule is O=C1NC(=Nc2cccc(Cl)c2Cl)S/C1=C\c1ccccc1Br. The molecule has 1 aliphatic rings. The van der Waals surface area contributed by atoms with Crippen LogP contribution in [-0.2, 0) is 4.79 Å². The van der Waals surface area contributed by atoms with Gasteiger partial charge in [0, 0.05) is 4.47 Å². The number of rotatable bonds is 2. The number of benzene rings is 2. The van der Waals surface area contributed by atoms with Gasteiger partial charge in [0.1, 0.15) is 0 Å². The van der Waals surface area contributed by atoms with Crippen molar-refractivity contribution in [1.82, 2.24) is 5.32 Å². The predicted octanol–water partition coefficient (Wildman–Crippen LogP) is 5.65. The van der Waals surface area contributed by atoms with E-state index in [9.17, 15) is 4.79 Å². The molecule has 0 aliphatic carbocycles. The molecule has 0 saturated carbocycles. The number of nitrogens with one attached hydrogen (secondary N) is 1. The average molecular weight is 428 g/mol. The molecule has 0 unspecified atom stereocenters. The summed E-state index contributed by atoms with van der Waals surface area (Å²) in [6.45, 7) is 0. The van der Waals surface area contributed by atoms with Crippen molar-refractivity contribution >= 4 is 73.7 Å². The topological polar surface area (TPSA) is 41.5 Å². The van der Waals surface area contributed by atoms with Gasteiger partial charge in [0.25, 0.3) is 5.91 Å². The first-order valence-electron chi connectivity index (χ1n) is 6.53. The number of amidine groups is 1. The summed E-state index contributed by atoms with van der Waals surface area (Å²) in [6, 6.07) is 12.9. The lowest BCUT2D eigenvalue weighted by Crippen LogP contribution is -2.19. The van der Waals surface area contributed by atoms with Gasteiger partial charge < -0.3 is 5.32 Å². The van der Waals surface area contributed by atoms with Crippen LogP contribution in [-0.4, -0.2) is 11.1 Å². The van der Waals surface area contributed by atoms with Crippen molar-refractivity contribution in [2.45, 2.75) is 0 Å². The van der Waals surface area contributed by atoms with Crippen LogP contribution in [0.25, 0.3) is 6.08 Å². The lowest BCUT2D eigenvalue weighted by Gasteiger charge is -2.01. The van der Waals surface area contributed by atoms with Gasteiger partial charge in [-0.3, -0.25) is 4.79 Å². The van der Waals surface area contributed by atoms with Gasteiger partial charge in [-0.25, -0.2) is 4.99 Å². The molecule has 3 rings (SSSR count). The lowest BCUT2D eigenvalue weighted by atomic mass is 10.2. The maximum Gasteiger partial charge on any atom is 0.264 e. The maximum atomic E-state index is 12.1. The highest BCUT2D eigenvalue weighted by Gasteiger charge is 2.24. The molecular formula is C16H9BrCl2N2OS. The highest BCUT2D eigenvalue weighted by molar-refractivity contribution is 9.10. The van der Waals surface area contributed by atoms with E-state index in [1.807, 2.05) is 30.3 Å². The molecule has 0 atom stereocenters. The minimum atomic E-state index is -0.192. The van der Waals surface area contributed by atoms with E-state index in [0.29, 0.717) is 25.8 Å². The molecule has 0 bridgehead atoms. The van der Waals surface area contributed by atoms with Crippen LogP contribution in [0.15, 0.2) is 56.8 Å². The zero-order valence-corrected chi connectivity index (χ0v) is 15.4. The van der Waals surface area contributed by atoms with Crippen molar-refractivity contribution in [3.8, 4) is 0 Å². The van der Waals surface area contributed by atoms with Crippen molar-refractivity contribution in [3.63, 3.8) is 0 Å². The smallest absolute Gasteiger partial charge is 0.264 e. The molecular weight excluding hydrogens is 419 g/mol. The standard InChI is InChI=1S/C16H9BrCl2N2OS/c17-10-5-2-1-4-9(10)8-13-15(22)21-16(23-13)20-12-7-3-6-11(18)14(12)19/h1-8H,(H,20,21,22)/b13-8-. The van der Waals surface area contributed by atoms with E-state index >= 15 is 0 Å². The second kappa shape index (κ2) is 7.09. The Kier molecular flexibility index (Phi) is 5.11. The molecule has 2 aromatic rings. The second-order valence-electron chi connectivity index (χ2n) is 4.58. The quantitative estimate of drug-likeness (QED) is 0.629. The summed E-state index contributed by atoms with van der Waals surface area (Å²) in [7, 11) is 0. The molecule has 1 saturated heterocycles. The Morgan fingerprint density at radius 1 is 1.13 bits per heavy atom. The molecule has 2 aromatic carbocycles. The zero-order chi connectivity index (χ0) is 16.4. The van der Waals surface area contributed by atoms with Gasteiger partial charge in [0.05, 0.1) is 20.6 Å². The van der Waals surface area contributed by atoms with E-state index in [0.717, 1.165) is 10.0 Å². The Bertz CT molecular complexity index is 852. The molecule has 0 spiro atoms. The number of halogens is 3. The Morgan fingerprint density at radius 2 is 1.91 bits per heavy atom. The van der Waals surface area contributed by atoms with Gasteiger partial charge in [0.15, 0.2) is 5.17 Å². The molecule has 116 valence electrons. The number of thioether (sulfide) groups is 1. The van der Waals surface area contributed by atoms with Crippen molar-refractivity contribution < 1.29 is 4.79 Å². The fourth-order valence-electron chi connectivity index (χ4n) is 1.90. The maximum absolute atomic E-state index is 12.1. The molecule has 0 radical (unpaired) electrons. The van der Waals surface area contributed by atoms with Crippen molar-refractivity contribution in [2.75, 3.05) is 0 Å². The summed E-state index contributed by atoms with van der Waals surface area (Å²) in [6.07, 6.45) is 1.81. The summed E-state index contributed by atoms with van der Waals surface area (Å²) < 4.78 is 0.921. The van der Waals surface area contributed by atoms with E-state index in [-0.39, 0.29) is 5.91 Å². The van der Waals surface area contributed by atoms with Crippen LogP contribution in [0.4, 0.5) is 5.69 Å². The van der Waals surface area contributed by atoms with Gasteiger partial charge in [-0.15, -0.1) is 0 Å². The van der Waals surface area contributed by atoms with Crippen molar-refractivity contribution in [2.24, 2.45) is 4.99 Å². The van der Waals surface area contributed by atoms with Crippen molar-refractivity contribution in [3.05, 3.63) is 67.5 Å². The Balaban J connectivity index is 1.89. The van der Waals surface area contributed by atoms with Gasteiger partial charge in [-0.2, -0.15) is 0 Å². The third-order valence-electron chi connectivity index (χ3n) is 3.00. The molecule has 0 aromatic heterocycles. The van der Waals surface area contributed by atoms with Crippen LogP contribution < -0.4 is 5.32 Å². The third-order valence-corrected chi connectivity index (χ3v) is 5.44. The minimum Gasteiger partial charge on any atom is -0.300 e. The molecule has 1 fully saturated rings. The molecule has 1 N–H and O–H groups in total. The van der Waals surface area contributed by atoms with E-state index < -0.39 is 0 Å². The highest BCUT2D eigenvalue weighted by atomic mass is 79.9.